The van der Waals surface area contributed by atoms with Crippen molar-refractivity contribution in [3.63, 3.8) is 0 Å². The Morgan fingerprint density at radius 2 is 0.712 bits per heavy atom. The summed E-state index contributed by atoms with van der Waals surface area (Å²) < 4.78 is 5.49. The van der Waals surface area contributed by atoms with E-state index in [1.165, 1.54) is 250 Å². The molecule has 0 aromatic heterocycles. The number of hydrogen-bond donors (Lipinski definition) is 3. The first kappa shape index (κ1) is 64.3. The van der Waals surface area contributed by atoms with E-state index in [0.29, 0.717) is 19.4 Å². The number of unbranched alkanes of at least 4 members (excludes halogenated alkanes) is 42. The molecule has 0 bridgehead atoms. The number of carbonyl (C=O) groups is 2. The van der Waals surface area contributed by atoms with Gasteiger partial charge in [0.05, 0.1) is 25.4 Å². The molecule has 2 unspecified atom stereocenters. The fraction of sp³-hybridized carbons (Fsp3) is 0.900. The number of hydrogen-bond acceptors (Lipinski definition) is 5. The van der Waals surface area contributed by atoms with Crippen LogP contribution in [0.5, 0.6) is 0 Å². The molecule has 0 aromatic rings. The van der Waals surface area contributed by atoms with Crippen molar-refractivity contribution in [2.45, 2.75) is 334 Å². The highest BCUT2D eigenvalue weighted by molar-refractivity contribution is 5.76. The lowest BCUT2D eigenvalue weighted by Gasteiger charge is -2.20. The molecule has 0 aliphatic rings. The Kier molecular flexibility index (Phi) is 54.5. The first-order valence-corrected chi connectivity index (χ1v) is 29.6. The van der Waals surface area contributed by atoms with Crippen molar-refractivity contribution in [1.82, 2.24) is 5.32 Å². The van der Waals surface area contributed by atoms with Crippen molar-refractivity contribution in [3.05, 3.63) is 24.3 Å². The zero-order chi connectivity index (χ0) is 47.9. The summed E-state index contributed by atoms with van der Waals surface area (Å²) in [5.74, 6) is -0.0652. The maximum atomic E-state index is 12.4. The van der Waals surface area contributed by atoms with Gasteiger partial charge in [-0.2, -0.15) is 0 Å². The molecule has 66 heavy (non-hydrogen) atoms. The normalized spacial score (nSPS) is 12.7. The lowest BCUT2D eigenvalue weighted by Crippen LogP contribution is -2.45. The molecule has 0 spiro atoms. The second-order valence-electron chi connectivity index (χ2n) is 20.3. The first-order valence-electron chi connectivity index (χ1n) is 29.6. The minimum absolute atomic E-state index is 0.0119. The molecule has 0 saturated heterocycles. The van der Waals surface area contributed by atoms with Gasteiger partial charge in [0.1, 0.15) is 0 Å². The number of carbonyl (C=O) groups excluding carboxylic acids is 2. The van der Waals surface area contributed by atoms with Gasteiger partial charge in [-0.1, -0.05) is 276 Å². The Hall–Kier alpha value is -1.66. The number of aliphatic hydroxyl groups is 2. The summed E-state index contributed by atoms with van der Waals surface area (Å²) in [5, 5.41) is 23.0. The number of esters is 1. The van der Waals surface area contributed by atoms with E-state index in [1.54, 1.807) is 6.08 Å². The number of aliphatic hydroxyl groups excluding tert-OH is 2. The van der Waals surface area contributed by atoms with Crippen molar-refractivity contribution in [2.75, 3.05) is 13.2 Å². The SMILES string of the molecule is CCCCCCCCCC/C=C/C(O)C(CO)NC(=O)CCCCCCCCC/C=C\CCCCCCCCCCCCOC(=O)CCCCCCCCCCCCCCCCCCCC. The predicted octanol–water partition coefficient (Wildman–Crippen LogP) is 18.2. The third-order valence-electron chi connectivity index (χ3n) is 13.7. The number of nitrogens with one attached hydrogen (secondary N) is 1. The van der Waals surface area contributed by atoms with Crippen LogP contribution < -0.4 is 5.32 Å². The fourth-order valence-electron chi connectivity index (χ4n) is 9.16. The maximum Gasteiger partial charge on any atom is 0.305 e. The fourth-order valence-corrected chi connectivity index (χ4v) is 9.16. The van der Waals surface area contributed by atoms with Gasteiger partial charge in [0.2, 0.25) is 5.91 Å². The molecule has 6 nitrogen and oxygen atoms in total. The van der Waals surface area contributed by atoms with Gasteiger partial charge >= 0.3 is 5.97 Å². The van der Waals surface area contributed by atoms with Crippen LogP contribution in [0.1, 0.15) is 322 Å². The van der Waals surface area contributed by atoms with Gasteiger partial charge in [0, 0.05) is 12.8 Å². The van der Waals surface area contributed by atoms with Crippen LogP contribution in [0.3, 0.4) is 0 Å². The van der Waals surface area contributed by atoms with E-state index in [9.17, 15) is 19.8 Å². The summed E-state index contributed by atoms with van der Waals surface area (Å²) in [5.41, 5.74) is 0. The number of rotatable bonds is 55. The molecule has 0 saturated carbocycles. The van der Waals surface area contributed by atoms with E-state index in [2.05, 4.69) is 31.3 Å². The summed E-state index contributed by atoms with van der Waals surface area (Å²) in [7, 11) is 0. The first-order chi connectivity index (χ1) is 32.5. The van der Waals surface area contributed by atoms with Crippen LogP contribution in [0, 0.1) is 0 Å². The summed E-state index contributed by atoms with van der Waals surface area (Å²) in [4.78, 5) is 24.5. The molecule has 6 heteroatoms. The molecule has 0 aliphatic heterocycles. The average Bonchev–Trinajstić information content (AvgIpc) is 3.32. The largest absolute Gasteiger partial charge is 0.466 e. The van der Waals surface area contributed by atoms with E-state index in [1.807, 2.05) is 6.08 Å². The summed E-state index contributed by atoms with van der Waals surface area (Å²) in [6.45, 7) is 4.89. The molecule has 0 aliphatic carbocycles. The van der Waals surface area contributed by atoms with E-state index in [4.69, 9.17) is 4.74 Å². The summed E-state index contributed by atoms with van der Waals surface area (Å²) >= 11 is 0. The quantitative estimate of drug-likeness (QED) is 0.0321. The van der Waals surface area contributed by atoms with Crippen molar-refractivity contribution in [3.8, 4) is 0 Å². The lowest BCUT2D eigenvalue weighted by atomic mass is 10.0. The molecule has 0 aromatic carbocycles. The molecule has 0 rings (SSSR count). The van der Waals surface area contributed by atoms with Gasteiger partial charge in [0.25, 0.3) is 0 Å². The van der Waals surface area contributed by atoms with Gasteiger partial charge in [0.15, 0.2) is 0 Å². The smallest absolute Gasteiger partial charge is 0.305 e. The zero-order valence-electron chi connectivity index (χ0n) is 44.4. The molecular formula is C60H115NO5. The van der Waals surface area contributed by atoms with Crippen molar-refractivity contribution in [1.29, 1.82) is 0 Å². The topological polar surface area (TPSA) is 95.9 Å². The van der Waals surface area contributed by atoms with E-state index < -0.39 is 12.1 Å². The third-order valence-corrected chi connectivity index (χ3v) is 13.7. The van der Waals surface area contributed by atoms with Crippen LogP contribution in [0.2, 0.25) is 0 Å². The highest BCUT2D eigenvalue weighted by atomic mass is 16.5. The van der Waals surface area contributed by atoms with Crippen LogP contribution >= 0.6 is 0 Å². The molecule has 390 valence electrons. The van der Waals surface area contributed by atoms with Crippen molar-refractivity contribution >= 4 is 11.9 Å². The molecule has 1 amide bonds. The second-order valence-corrected chi connectivity index (χ2v) is 20.3. The van der Waals surface area contributed by atoms with Crippen molar-refractivity contribution < 1.29 is 24.5 Å². The predicted molar refractivity (Wildman–Crippen MR) is 287 cm³/mol. The lowest BCUT2D eigenvalue weighted by molar-refractivity contribution is -0.143. The second kappa shape index (κ2) is 55.9. The molecule has 0 radical (unpaired) electrons. The van der Waals surface area contributed by atoms with Crippen LogP contribution in [-0.2, 0) is 14.3 Å². The number of amides is 1. The van der Waals surface area contributed by atoms with E-state index in [0.717, 1.165) is 44.9 Å². The van der Waals surface area contributed by atoms with Crippen LogP contribution in [-0.4, -0.2) is 47.4 Å². The highest BCUT2D eigenvalue weighted by Gasteiger charge is 2.18. The van der Waals surface area contributed by atoms with Gasteiger partial charge in [-0.25, -0.2) is 0 Å². The minimum atomic E-state index is -0.847. The molecule has 0 fully saturated rings. The Morgan fingerprint density at radius 1 is 0.409 bits per heavy atom. The Morgan fingerprint density at radius 3 is 1.08 bits per heavy atom. The summed E-state index contributed by atoms with van der Waals surface area (Å²) in [6, 6.07) is -0.631. The van der Waals surface area contributed by atoms with E-state index >= 15 is 0 Å². The Labute approximate surface area is 411 Å². The highest BCUT2D eigenvalue weighted by Crippen LogP contribution is 2.17. The van der Waals surface area contributed by atoms with Crippen LogP contribution in [0.4, 0.5) is 0 Å². The molecule has 0 heterocycles. The number of allylic oxidation sites excluding steroid dienone is 3. The van der Waals surface area contributed by atoms with Crippen molar-refractivity contribution in [2.24, 2.45) is 0 Å². The number of ether oxygens (including phenoxy) is 1. The zero-order valence-corrected chi connectivity index (χ0v) is 44.4. The monoisotopic (exact) mass is 930 g/mol. The maximum absolute atomic E-state index is 12.4. The van der Waals surface area contributed by atoms with Gasteiger partial charge in [-0.3, -0.25) is 9.59 Å². The Balaban J connectivity index is 3.39. The molecule has 3 N–H and O–H groups in total. The summed E-state index contributed by atoms with van der Waals surface area (Å²) in [6.07, 6.45) is 67.9. The van der Waals surface area contributed by atoms with Gasteiger partial charge < -0.3 is 20.3 Å². The third kappa shape index (κ3) is 51.7. The van der Waals surface area contributed by atoms with E-state index in [-0.39, 0.29) is 18.5 Å². The van der Waals surface area contributed by atoms with Crippen LogP contribution in [0.25, 0.3) is 0 Å². The van der Waals surface area contributed by atoms with Gasteiger partial charge in [-0.15, -0.1) is 0 Å². The average molecular weight is 931 g/mol. The minimum Gasteiger partial charge on any atom is -0.466 e. The van der Waals surface area contributed by atoms with Crippen LogP contribution in [0.15, 0.2) is 24.3 Å². The molecular weight excluding hydrogens is 815 g/mol. The molecule has 2 atom stereocenters. The standard InChI is InChI=1S/C60H115NO5/c1-3-5-7-9-11-13-15-16-17-18-25-28-31-34-38-42-46-50-54-60(65)66-55-51-47-43-39-35-32-29-26-23-21-19-20-22-24-27-30-33-37-41-45-49-53-59(64)61-57(56-62)58(63)52-48-44-40-36-14-12-10-8-6-4-2/h20,22,48,52,57-58,62-63H,3-19,21,23-47,49-51,53-56H2,1-2H3,(H,61,64)/b22-20-,52-48+. The van der Waals surface area contributed by atoms with Gasteiger partial charge in [-0.05, 0) is 57.8 Å². The Bertz CT molecular complexity index is 1030.